The molecule has 2 heterocycles. The van der Waals surface area contributed by atoms with Crippen molar-refractivity contribution in [1.82, 2.24) is 0 Å². The van der Waals surface area contributed by atoms with Crippen molar-refractivity contribution in [2.75, 3.05) is 0 Å². The maximum Gasteiger partial charge on any atom is 0.228 e. The summed E-state index contributed by atoms with van der Waals surface area (Å²) in [5.41, 5.74) is -0.262. The van der Waals surface area contributed by atoms with Crippen molar-refractivity contribution in [3.05, 3.63) is 0 Å². The normalized spacial score (nSPS) is 38.4. The van der Waals surface area contributed by atoms with Gasteiger partial charge in [-0.2, -0.15) is 0 Å². The molecule has 2 aliphatic heterocycles. The zero-order valence-corrected chi connectivity index (χ0v) is 15.7. The second-order valence-corrected chi connectivity index (χ2v) is 13.4. The Kier molecular flexibility index (Phi) is 3.74. The third kappa shape index (κ3) is 2.49. The monoisotopic (exact) mass is 300 g/mol. The van der Waals surface area contributed by atoms with Gasteiger partial charge in [0.15, 0.2) is 8.32 Å². The molecule has 4 heteroatoms. The number of hydrogen-bond acceptors (Lipinski definition) is 3. The lowest BCUT2D eigenvalue weighted by molar-refractivity contribution is 0.108. The molecule has 0 aromatic rings. The molecular formula is C16H32O3Si. The molecule has 0 N–H and O–H groups in total. The molecule has 0 aromatic heterocycles. The van der Waals surface area contributed by atoms with Gasteiger partial charge in [-0.3, -0.25) is 0 Å². The van der Waals surface area contributed by atoms with Gasteiger partial charge in [0.1, 0.15) is 11.7 Å². The van der Waals surface area contributed by atoms with Crippen LogP contribution in [-0.2, 0) is 13.9 Å². The van der Waals surface area contributed by atoms with Crippen molar-refractivity contribution >= 4 is 8.32 Å². The molecule has 118 valence electrons. The van der Waals surface area contributed by atoms with Gasteiger partial charge in [-0.05, 0) is 44.3 Å². The van der Waals surface area contributed by atoms with Crippen LogP contribution in [-0.4, -0.2) is 31.9 Å². The van der Waals surface area contributed by atoms with Crippen molar-refractivity contribution in [1.29, 1.82) is 0 Å². The number of ether oxygens (including phenoxy) is 2. The first-order chi connectivity index (χ1) is 8.86. The van der Waals surface area contributed by atoms with Gasteiger partial charge < -0.3 is 13.9 Å². The lowest BCUT2D eigenvalue weighted by Crippen LogP contribution is -2.47. The summed E-state index contributed by atoms with van der Waals surface area (Å²) in [6.07, 6.45) is 1.42. The molecule has 0 radical (unpaired) electrons. The van der Waals surface area contributed by atoms with Crippen LogP contribution in [0, 0.1) is 5.92 Å². The maximum absolute atomic E-state index is 6.49. The highest BCUT2D eigenvalue weighted by atomic mass is 28.4. The molecule has 2 saturated heterocycles. The molecule has 2 aliphatic rings. The van der Waals surface area contributed by atoms with Gasteiger partial charge >= 0.3 is 0 Å². The largest absolute Gasteiger partial charge is 0.411 e. The van der Waals surface area contributed by atoms with Crippen molar-refractivity contribution in [2.45, 2.75) is 96.6 Å². The topological polar surface area (TPSA) is 34.3 Å². The Balaban J connectivity index is 1.97. The third-order valence-electron chi connectivity index (χ3n) is 5.44. The van der Waals surface area contributed by atoms with E-state index in [-0.39, 0.29) is 28.6 Å². The molecule has 2 fully saturated rings. The summed E-state index contributed by atoms with van der Waals surface area (Å²) in [6.45, 7) is 20.1. The average Bonchev–Trinajstić information content (AvgIpc) is 3.03. The van der Waals surface area contributed by atoms with Crippen LogP contribution in [0.2, 0.25) is 18.1 Å². The van der Waals surface area contributed by atoms with Gasteiger partial charge in [-0.15, -0.1) is 0 Å². The van der Waals surface area contributed by atoms with Crippen LogP contribution in [0.25, 0.3) is 0 Å². The number of rotatable bonds is 5. The Morgan fingerprint density at radius 3 is 2.20 bits per heavy atom. The number of epoxide rings is 2. The maximum atomic E-state index is 6.49. The van der Waals surface area contributed by atoms with Gasteiger partial charge in [-0.1, -0.05) is 34.6 Å². The molecule has 0 amide bonds. The summed E-state index contributed by atoms with van der Waals surface area (Å²) >= 11 is 0. The van der Waals surface area contributed by atoms with Crippen molar-refractivity contribution in [3.8, 4) is 0 Å². The number of hydrogen-bond donors (Lipinski definition) is 0. The molecule has 2 rings (SSSR count). The third-order valence-corrected chi connectivity index (χ3v) is 9.99. The van der Waals surface area contributed by atoms with Crippen molar-refractivity contribution in [2.24, 2.45) is 5.92 Å². The molecule has 4 atom stereocenters. The Morgan fingerprint density at radius 1 is 1.20 bits per heavy atom. The standard InChI is InChI=1S/C16H32O3Si/c1-11(2)10-13-16(17-13)15(7,19-16)12(3)18-20(8,9)14(4,5)6/h11-13H,10H2,1-9H3/t12-,13+,15+,16-/m0/s1. The first kappa shape index (κ1) is 16.5. The lowest BCUT2D eigenvalue weighted by atomic mass is 9.96. The first-order valence-corrected chi connectivity index (χ1v) is 10.8. The highest BCUT2D eigenvalue weighted by Crippen LogP contribution is 2.66. The summed E-state index contributed by atoms with van der Waals surface area (Å²) in [5, 5.41) is 0.224. The van der Waals surface area contributed by atoms with E-state index in [2.05, 4.69) is 61.6 Å². The minimum Gasteiger partial charge on any atom is -0.411 e. The molecule has 0 unspecified atom stereocenters. The second-order valence-electron chi connectivity index (χ2n) is 8.63. The highest BCUT2D eigenvalue weighted by molar-refractivity contribution is 6.74. The molecule has 0 aromatic carbocycles. The van der Waals surface area contributed by atoms with E-state index in [0.29, 0.717) is 5.92 Å². The van der Waals surface area contributed by atoms with Gasteiger partial charge in [0.2, 0.25) is 5.79 Å². The minimum absolute atomic E-state index is 0.0838. The summed E-state index contributed by atoms with van der Waals surface area (Å²) in [5.74, 6) is 0.309. The van der Waals surface area contributed by atoms with Crippen molar-refractivity contribution in [3.63, 3.8) is 0 Å². The summed E-state index contributed by atoms with van der Waals surface area (Å²) in [6, 6.07) is 0. The average molecular weight is 301 g/mol. The minimum atomic E-state index is -1.76. The van der Waals surface area contributed by atoms with Crippen LogP contribution in [0.1, 0.15) is 54.9 Å². The SMILES string of the molecule is CC(C)C[C@H]1O[C@]12O[C@]2(C)[C@H](C)O[Si](C)(C)C(C)(C)C. The molecule has 1 spiro atoms. The fourth-order valence-corrected chi connectivity index (χ4v) is 4.18. The molecule has 0 bridgehead atoms. The van der Waals surface area contributed by atoms with Crippen LogP contribution < -0.4 is 0 Å². The van der Waals surface area contributed by atoms with Crippen LogP contribution in [0.4, 0.5) is 0 Å². The van der Waals surface area contributed by atoms with E-state index < -0.39 is 8.32 Å². The second kappa shape index (κ2) is 4.54. The molecular weight excluding hydrogens is 268 g/mol. The van der Waals surface area contributed by atoms with Gasteiger partial charge in [0, 0.05) is 0 Å². The lowest BCUT2D eigenvalue weighted by Gasteiger charge is -2.39. The molecule has 3 nitrogen and oxygen atoms in total. The van der Waals surface area contributed by atoms with Gasteiger partial charge in [-0.25, -0.2) is 0 Å². The van der Waals surface area contributed by atoms with E-state index >= 15 is 0 Å². The Morgan fingerprint density at radius 2 is 1.75 bits per heavy atom. The molecule has 20 heavy (non-hydrogen) atoms. The molecule has 0 aliphatic carbocycles. The van der Waals surface area contributed by atoms with Crippen molar-refractivity contribution < 1.29 is 13.9 Å². The van der Waals surface area contributed by atoms with E-state index in [9.17, 15) is 0 Å². The van der Waals surface area contributed by atoms with E-state index in [0.717, 1.165) is 6.42 Å². The Labute approximate surface area is 125 Å². The summed E-state index contributed by atoms with van der Waals surface area (Å²) in [7, 11) is -1.76. The molecule has 0 saturated carbocycles. The van der Waals surface area contributed by atoms with Gasteiger partial charge in [0.05, 0.1) is 6.10 Å². The van der Waals surface area contributed by atoms with E-state index in [1.54, 1.807) is 0 Å². The van der Waals surface area contributed by atoms with E-state index in [4.69, 9.17) is 13.9 Å². The zero-order valence-electron chi connectivity index (χ0n) is 14.7. The fourth-order valence-electron chi connectivity index (χ4n) is 2.72. The van der Waals surface area contributed by atoms with E-state index in [1.807, 2.05) is 0 Å². The Bertz CT molecular complexity index is 388. The fraction of sp³-hybridized carbons (Fsp3) is 1.00. The van der Waals surface area contributed by atoms with Gasteiger partial charge in [0.25, 0.3) is 0 Å². The Hall–Kier alpha value is 0.0969. The zero-order chi connectivity index (χ0) is 15.6. The summed E-state index contributed by atoms with van der Waals surface area (Å²) < 4.78 is 18.4. The van der Waals surface area contributed by atoms with Crippen LogP contribution in [0.3, 0.4) is 0 Å². The highest BCUT2D eigenvalue weighted by Gasteiger charge is 2.85. The van der Waals surface area contributed by atoms with Crippen LogP contribution in [0.15, 0.2) is 0 Å². The first-order valence-electron chi connectivity index (χ1n) is 7.91. The predicted molar refractivity (Wildman–Crippen MR) is 84.3 cm³/mol. The summed E-state index contributed by atoms with van der Waals surface area (Å²) in [4.78, 5) is 0. The quantitative estimate of drug-likeness (QED) is 0.560. The van der Waals surface area contributed by atoms with E-state index in [1.165, 1.54) is 0 Å². The van der Waals surface area contributed by atoms with Crippen LogP contribution >= 0.6 is 0 Å². The smallest absolute Gasteiger partial charge is 0.228 e. The predicted octanol–water partition coefficient (Wildman–Crippen LogP) is 4.33. The van der Waals surface area contributed by atoms with Crippen LogP contribution in [0.5, 0.6) is 0 Å².